The first-order valence-corrected chi connectivity index (χ1v) is 12.5. The number of piperazine rings is 1. The van der Waals surface area contributed by atoms with Gasteiger partial charge in [-0.3, -0.25) is 9.80 Å². The molecule has 0 bridgehead atoms. The summed E-state index contributed by atoms with van der Waals surface area (Å²) >= 11 is 0. The first-order chi connectivity index (χ1) is 16.8. The minimum Gasteiger partial charge on any atom is -0.444 e. The summed E-state index contributed by atoms with van der Waals surface area (Å²) in [6, 6.07) is 20.3. The Balaban J connectivity index is 1.37. The van der Waals surface area contributed by atoms with E-state index in [-0.39, 0.29) is 12.7 Å². The Bertz CT molecular complexity index is 827. The Morgan fingerprint density at radius 1 is 0.943 bits per heavy atom. The number of benzene rings is 2. The highest BCUT2D eigenvalue weighted by molar-refractivity contribution is 5.68. The first kappa shape index (κ1) is 27.1. The molecule has 3 rings (SSSR count). The van der Waals surface area contributed by atoms with Crippen molar-refractivity contribution in [2.45, 2.75) is 45.6 Å². The van der Waals surface area contributed by atoms with Crippen LogP contribution in [0.15, 0.2) is 60.7 Å². The highest BCUT2D eigenvalue weighted by atomic mass is 19.1. The van der Waals surface area contributed by atoms with E-state index in [9.17, 15) is 9.18 Å². The van der Waals surface area contributed by atoms with Gasteiger partial charge in [-0.05, 0) is 31.9 Å². The van der Waals surface area contributed by atoms with Crippen molar-refractivity contribution in [2.24, 2.45) is 0 Å². The Labute approximate surface area is 209 Å². The molecule has 1 fully saturated rings. The summed E-state index contributed by atoms with van der Waals surface area (Å²) in [5.74, 6) is 0. The highest BCUT2D eigenvalue weighted by Gasteiger charge is 2.25. The predicted molar refractivity (Wildman–Crippen MR) is 137 cm³/mol. The number of hydrogen-bond donors (Lipinski definition) is 0. The zero-order valence-corrected chi connectivity index (χ0v) is 21.4. The summed E-state index contributed by atoms with van der Waals surface area (Å²) in [4.78, 5) is 18.3. The number of rotatable bonds is 11. The second-order valence-electron chi connectivity index (χ2n) is 10.1. The minimum absolute atomic E-state index is 0.0813. The van der Waals surface area contributed by atoms with E-state index in [1.807, 2.05) is 57.2 Å². The van der Waals surface area contributed by atoms with E-state index in [0.29, 0.717) is 39.3 Å². The molecule has 1 heterocycles. The second-order valence-corrected chi connectivity index (χ2v) is 10.1. The van der Waals surface area contributed by atoms with E-state index in [1.165, 1.54) is 11.1 Å². The molecule has 0 unspecified atom stereocenters. The third-order valence-electron chi connectivity index (χ3n) is 5.83. The summed E-state index contributed by atoms with van der Waals surface area (Å²) in [5, 5.41) is 0. The maximum Gasteiger partial charge on any atom is 0.410 e. The predicted octanol–water partition coefficient (Wildman–Crippen LogP) is 4.60. The molecule has 1 atom stereocenters. The van der Waals surface area contributed by atoms with Crippen molar-refractivity contribution in [2.75, 3.05) is 52.5 Å². The van der Waals surface area contributed by atoms with Crippen LogP contribution in [0.5, 0.6) is 0 Å². The number of alkyl halides is 1. The summed E-state index contributed by atoms with van der Waals surface area (Å²) in [7, 11) is 0. The molecule has 0 saturated carbocycles. The maximum absolute atomic E-state index is 14.9. The van der Waals surface area contributed by atoms with Gasteiger partial charge in [-0.2, -0.15) is 0 Å². The molecule has 0 aliphatic carbocycles. The lowest BCUT2D eigenvalue weighted by atomic mass is 10.1. The lowest BCUT2D eigenvalue weighted by Crippen LogP contribution is -2.50. The zero-order chi connectivity index (χ0) is 25.1. The summed E-state index contributed by atoms with van der Waals surface area (Å²) in [6.45, 7) is 11.4. The molecule has 0 aromatic heterocycles. The Hall–Kier alpha value is -2.48. The van der Waals surface area contributed by atoms with Crippen LogP contribution in [-0.2, 0) is 22.6 Å². The van der Waals surface area contributed by atoms with E-state index in [4.69, 9.17) is 9.47 Å². The van der Waals surface area contributed by atoms with E-state index in [1.54, 1.807) is 4.90 Å². The van der Waals surface area contributed by atoms with E-state index < -0.39 is 11.8 Å². The van der Waals surface area contributed by atoms with Gasteiger partial charge in [0.25, 0.3) is 0 Å². The lowest BCUT2D eigenvalue weighted by molar-refractivity contribution is 0.00852. The average molecular weight is 486 g/mol. The number of carbonyl (C=O) groups excluding carboxylic acids is 1. The molecular weight excluding hydrogens is 445 g/mol. The van der Waals surface area contributed by atoms with Crippen molar-refractivity contribution in [3.8, 4) is 0 Å². The zero-order valence-electron chi connectivity index (χ0n) is 21.4. The van der Waals surface area contributed by atoms with E-state index in [2.05, 4.69) is 34.1 Å². The molecule has 2 aromatic carbocycles. The van der Waals surface area contributed by atoms with E-state index >= 15 is 0 Å². The topological polar surface area (TPSA) is 45.3 Å². The van der Waals surface area contributed by atoms with Crippen LogP contribution in [0, 0.1) is 0 Å². The van der Waals surface area contributed by atoms with Crippen molar-refractivity contribution >= 4 is 6.09 Å². The monoisotopic (exact) mass is 485 g/mol. The summed E-state index contributed by atoms with van der Waals surface area (Å²) < 4.78 is 26.0. The highest BCUT2D eigenvalue weighted by Crippen LogP contribution is 2.13. The van der Waals surface area contributed by atoms with Gasteiger partial charge in [-0.1, -0.05) is 60.7 Å². The van der Waals surface area contributed by atoms with Gasteiger partial charge >= 0.3 is 6.09 Å². The smallest absolute Gasteiger partial charge is 0.410 e. The molecular formula is C28H40FN3O3. The van der Waals surface area contributed by atoms with Crippen LogP contribution >= 0.6 is 0 Å². The molecule has 2 aromatic rings. The van der Waals surface area contributed by atoms with Gasteiger partial charge in [0.1, 0.15) is 11.8 Å². The SMILES string of the molecule is CC(C)(C)OC(=O)N1CCN(CCOC[C@@H](F)CN(Cc2ccccc2)Cc2ccccc2)CC1. The Kier molecular flexibility index (Phi) is 10.5. The van der Waals surface area contributed by atoms with Crippen molar-refractivity contribution in [1.29, 1.82) is 0 Å². The van der Waals surface area contributed by atoms with Gasteiger partial charge in [0.2, 0.25) is 0 Å². The summed E-state index contributed by atoms with van der Waals surface area (Å²) in [6.07, 6.45) is -1.32. The molecule has 192 valence electrons. The van der Waals surface area contributed by atoms with Gasteiger partial charge < -0.3 is 14.4 Å². The molecule has 1 aliphatic heterocycles. The van der Waals surface area contributed by atoms with Gasteiger partial charge in [0, 0.05) is 52.4 Å². The Morgan fingerprint density at radius 2 is 1.49 bits per heavy atom. The first-order valence-electron chi connectivity index (χ1n) is 12.5. The number of halogens is 1. The van der Waals surface area contributed by atoms with Gasteiger partial charge in [0.05, 0.1) is 13.2 Å². The quantitative estimate of drug-likeness (QED) is 0.436. The van der Waals surface area contributed by atoms with Crippen molar-refractivity contribution in [1.82, 2.24) is 14.7 Å². The lowest BCUT2D eigenvalue weighted by Gasteiger charge is -2.35. The molecule has 6 nitrogen and oxygen atoms in total. The molecule has 0 radical (unpaired) electrons. The standard InChI is InChI=1S/C28H40FN3O3/c1-28(2,3)35-27(33)32-16-14-30(15-17-32)18-19-34-23-26(29)22-31(20-24-10-6-4-7-11-24)21-25-12-8-5-9-13-25/h4-13,26H,14-23H2,1-3H3/t26-/m0/s1. The van der Waals surface area contributed by atoms with Gasteiger partial charge in [-0.25, -0.2) is 9.18 Å². The minimum atomic E-state index is -1.06. The van der Waals surface area contributed by atoms with E-state index in [0.717, 1.165) is 19.6 Å². The van der Waals surface area contributed by atoms with Crippen LogP contribution in [0.1, 0.15) is 31.9 Å². The number of amides is 1. The van der Waals surface area contributed by atoms with Crippen molar-refractivity contribution < 1.29 is 18.7 Å². The molecule has 1 saturated heterocycles. The maximum atomic E-state index is 14.9. The third kappa shape index (κ3) is 10.3. The van der Waals surface area contributed by atoms with Crippen LogP contribution in [-0.4, -0.2) is 85.0 Å². The van der Waals surface area contributed by atoms with Crippen LogP contribution in [0.4, 0.5) is 9.18 Å². The molecule has 35 heavy (non-hydrogen) atoms. The van der Waals surface area contributed by atoms with Gasteiger partial charge in [0.15, 0.2) is 0 Å². The molecule has 1 aliphatic rings. The third-order valence-corrected chi connectivity index (χ3v) is 5.83. The number of nitrogens with zero attached hydrogens (tertiary/aromatic N) is 3. The van der Waals surface area contributed by atoms with Crippen LogP contribution in [0.25, 0.3) is 0 Å². The van der Waals surface area contributed by atoms with Crippen molar-refractivity contribution in [3.05, 3.63) is 71.8 Å². The fraction of sp³-hybridized carbons (Fsp3) is 0.536. The van der Waals surface area contributed by atoms with Crippen molar-refractivity contribution in [3.63, 3.8) is 0 Å². The number of carbonyl (C=O) groups is 1. The average Bonchev–Trinajstić information content (AvgIpc) is 2.82. The normalized spacial score (nSPS) is 15.9. The largest absolute Gasteiger partial charge is 0.444 e. The van der Waals surface area contributed by atoms with Crippen LogP contribution < -0.4 is 0 Å². The molecule has 7 heteroatoms. The fourth-order valence-electron chi connectivity index (χ4n) is 4.09. The number of hydrogen-bond acceptors (Lipinski definition) is 5. The van der Waals surface area contributed by atoms with Crippen LogP contribution in [0.2, 0.25) is 0 Å². The molecule has 1 amide bonds. The number of ether oxygens (including phenoxy) is 2. The second kappa shape index (κ2) is 13.6. The van der Waals surface area contributed by atoms with Crippen LogP contribution in [0.3, 0.4) is 0 Å². The molecule has 0 N–H and O–H groups in total. The molecule has 0 spiro atoms. The fourth-order valence-corrected chi connectivity index (χ4v) is 4.09. The van der Waals surface area contributed by atoms with Gasteiger partial charge in [-0.15, -0.1) is 0 Å². The summed E-state index contributed by atoms with van der Waals surface area (Å²) in [5.41, 5.74) is 1.85. The Morgan fingerprint density at radius 3 is 2.00 bits per heavy atom.